The summed E-state index contributed by atoms with van der Waals surface area (Å²) in [7, 11) is 0. The third-order valence-corrected chi connectivity index (χ3v) is 3.76. The molecule has 1 fully saturated rings. The van der Waals surface area contributed by atoms with Crippen LogP contribution in [0.2, 0.25) is 5.02 Å². The second-order valence-electron chi connectivity index (χ2n) is 5.14. The van der Waals surface area contributed by atoms with Crippen LogP contribution in [0.5, 0.6) is 0 Å². The molecule has 5 heteroatoms. The molecule has 1 aromatic rings. The first-order valence-electron chi connectivity index (χ1n) is 6.25. The van der Waals surface area contributed by atoms with Gasteiger partial charge in [-0.25, -0.2) is 4.98 Å². The Morgan fingerprint density at radius 1 is 1.39 bits per heavy atom. The van der Waals surface area contributed by atoms with Crippen molar-refractivity contribution in [3.05, 3.63) is 22.8 Å². The number of hydrogen-bond acceptors (Lipinski definition) is 3. The van der Waals surface area contributed by atoms with Crippen LogP contribution in [-0.4, -0.2) is 16.4 Å². The highest BCUT2D eigenvalue weighted by Crippen LogP contribution is 2.28. The van der Waals surface area contributed by atoms with Crippen LogP contribution in [0.15, 0.2) is 12.1 Å². The highest BCUT2D eigenvalue weighted by atomic mass is 35.5. The first kappa shape index (κ1) is 13.1. The summed E-state index contributed by atoms with van der Waals surface area (Å²) in [6.07, 6.45) is 5.53. The molecular formula is C13H18ClN3O. The maximum absolute atomic E-state index is 12.2. The Balaban J connectivity index is 2.14. The SMILES string of the molecule is CC1(NC(=O)c2nc(N)ccc2Cl)CCCCC1. The zero-order valence-electron chi connectivity index (χ0n) is 10.5. The number of carbonyl (C=O) groups excluding carboxylic acids is 1. The largest absolute Gasteiger partial charge is 0.384 e. The summed E-state index contributed by atoms with van der Waals surface area (Å²) in [5, 5.41) is 3.37. The summed E-state index contributed by atoms with van der Waals surface area (Å²) in [5.74, 6) is 0.0649. The fourth-order valence-corrected chi connectivity index (χ4v) is 2.60. The quantitative estimate of drug-likeness (QED) is 0.866. The molecule has 3 N–H and O–H groups in total. The van der Waals surface area contributed by atoms with Gasteiger partial charge < -0.3 is 11.1 Å². The molecule has 2 rings (SSSR count). The predicted octanol–water partition coefficient (Wildman–Crippen LogP) is 2.77. The zero-order valence-corrected chi connectivity index (χ0v) is 11.3. The van der Waals surface area contributed by atoms with E-state index in [1.165, 1.54) is 6.42 Å². The number of rotatable bonds is 2. The third kappa shape index (κ3) is 2.93. The molecule has 0 aliphatic heterocycles. The average molecular weight is 268 g/mol. The van der Waals surface area contributed by atoms with Crippen molar-refractivity contribution in [2.45, 2.75) is 44.6 Å². The molecule has 0 bridgehead atoms. The van der Waals surface area contributed by atoms with Crippen molar-refractivity contribution in [1.82, 2.24) is 10.3 Å². The number of nitrogen functional groups attached to an aromatic ring is 1. The van der Waals surface area contributed by atoms with E-state index in [1.54, 1.807) is 12.1 Å². The molecule has 1 aromatic heterocycles. The highest BCUT2D eigenvalue weighted by Gasteiger charge is 2.29. The van der Waals surface area contributed by atoms with Crippen molar-refractivity contribution < 1.29 is 4.79 Å². The molecule has 1 aliphatic carbocycles. The lowest BCUT2D eigenvalue weighted by atomic mass is 9.83. The van der Waals surface area contributed by atoms with Gasteiger partial charge in [0.05, 0.1) is 5.02 Å². The van der Waals surface area contributed by atoms with Gasteiger partial charge in [0.15, 0.2) is 0 Å². The molecule has 98 valence electrons. The van der Waals surface area contributed by atoms with Crippen LogP contribution in [0.25, 0.3) is 0 Å². The Labute approximate surface area is 112 Å². The number of nitrogens with two attached hydrogens (primary N) is 1. The van der Waals surface area contributed by atoms with E-state index in [0.717, 1.165) is 25.7 Å². The summed E-state index contributed by atoms with van der Waals surface area (Å²) >= 11 is 5.98. The van der Waals surface area contributed by atoms with E-state index < -0.39 is 0 Å². The molecule has 4 nitrogen and oxygen atoms in total. The van der Waals surface area contributed by atoms with Crippen LogP contribution < -0.4 is 11.1 Å². The van der Waals surface area contributed by atoms with E-state index in [4.69, 9.17) is 17.3 Å². The topological polar surface area (TPSA) is 68.0 Å². The predicted molar refractivity (Wildman–Crippen MR) is 72.6 cm³/mol. The molecule has 0 spiro atoms. The number of nitrogens with one attached hydrogen (secondary N) is 1. The number of aromatic nitrogens is 1. The molecule has 1 heterocycles. The fourth-order valence-electron chi connectivity index (χ4n) is 2.41. The van der Waals surface area contributed by atoms with Crippen LogP contribution in [0.1, 0.15) is 49.5 Å². The van der Waals surface area contributed by atoms with Gasteiger partial charge in [0.2, 0.25) is 0 Å². The second-order valence-corrected chi connectivity index (χ2v) is 5.55. The van der Waals surface area contributed by atoms with Crippen LogP contribution in [0.3, 0.4) is 0 Å². The van der Waals surface area contributed by atoms with Gasteiger partial charge >= 0.3 is 0 Å². The van der Waals surface area contributed by atoms with Gasteiger partial charge in [-0.05, 0) is 31.9 Å². The number of amides is 1. The minimum Gasteiger partial charge on any atom is -0.384 e. The summed E-state index contributed by atoms with van der Waals surface area (Å²) in [5.41, 5.74) is 5.65. The van der Waals surface area contributed by atoms with E-state index >= 15 is 0 Å². The van der Waals surface area contributed by atoms with Crippen molar-refractivity contribution in [2.75, 3.05) is 5.73 Å². The van der Waals surface area contributed by atoms with E-state index in [2.05, 4.69) is 17.2 Å². The van der Waals surface area contributed by atoms with Gasteiger partial charge in [-0.1, -0.05) is 30.9 Å². The van der Waals surface area contributed by atoms with Crippen LogP contribution in [0, 0.1) is 0 Å². The van der Waals surface area contributed by atoms with E-state index in [-0.39, 0.29) is 17.1 Å². The lowest BCUT2D eigenvalue weighted by Gasteiger charge is -2.34. The number of anilines is 1. The van der Waals surface area contributed by atoms with E-state index in [9.17, 15) is 4.79 Å². The summed E-state index contributed by atoms with van der Waals surface area (Å²) in [6.45, 7) is 2.07. The van der Waals surface area contributed by atoms with Gasteiger partial charge in [0.25, 0.3) is 5.91 Å². The number of halogens is 1. The number of pyridine rings is 1. The first-order valence-corrected chi connectivity index (χ1v) is 6.62. The second kappa shape index (κ2) is 5.14. The average Bonchev–Trinajstić information content (AvgIpc) is 2.32. The van der Waals surface area contributed by atoms with Crippen molar-refractivity contribution in [3.63, 3.8) is 0 Å². The molecule has 0 aromatic carbocycles. The summed E-state index contributed by atoms with van der Waals surface area (Å²) in [6, 6.07) is 3.18. The molecule has 0 radical (unpaired) electrons. The van der Waals surface area contributed by atoms with Crippen molar-refractivity contribution >= 4 is 23.3 Å². The number of carbonyl (C=O) groups is 1. The molecule has 0 saturated heterocycles. The lowest BCUT2D eigenvalue weighted by Crippen LogP contribution is -2.47. The molecule has 0 atom stereocenters. The Hall–Kier alpha value is -1.29. The van der Waals surface area contributed by atoms with Crippen LogP contribution in [0.4, 0.5) is 5.82 Å². The van der Waals surface area contributed by atoms with Gasteiger partial charge in [-0.15, -0.1) is 0 Å². The van der Waals surface area contributed by atoms with Gasteiger partial charge in [-0.2, -0.15) is 0 Å². The zero-order chi connectivity index (χ0) is 13.2. The Morgan fingerprint density at radius 2 is 2.06 bits per heavy atom. The van der Waals surface area contributed by atoms with E-state index in [1.807, 2.05) is 0 Å². The van der Waals surface area contributed by atoms with Gasteiger partial charge in [0.1, 0.15) is 11.5 Å². The molecule has 18 heavy (non-hydrogen) atoms. The Bertz CT molecular complexity index is 456. The minimum atomic E-state index is -0.239. The summed E-state index contributed by atoms with van der Waals surface area (Å²) < 4.78 is 0. The molecule has 1 aliphatic rings. The molecule has 1 saturated carbocycles. The minimum absolute atomic E-state index is 0.148. The van der Waals surface area contributed by atoms with Crippen LogP contribution in [-0.2, 0) is 0 Å². The highest BCUT2D eigenvalue weighted by molar-refractivity contribution is 6.33. The number of hydrogen-bond donors (Lipinski definition) is 2. The molecule has 1 amide bonds. The van der Waals surface area contributed by atoms with Crippen LogP contribution >= 0.6 is 11.6 Å². The summed E-state index contributed by atoms with van der Waals surface area (Å²) in [4.78, 5) is 16.2. The van der Waals surface area contributed by atoms with Crippen molar-refractivity contribution in [2.24, 2.45) is 0 Å². The fraction of sp³-hybridized carbons (Fsp3) is 0.538. The first-order chi connectivity index (χ1) is 8.50. The Kier molecular flexibility index (Phi) is 3.76. The molecular weight excluding hydrogens is 250 g/mol. The van der Waals surface area contributed by atoms with E-state index in [0.29, 0.717) is 10.8 Å². The van der Waals surface area contributed by atoms with Gasteiger partial charge in [0, 0.05) is 5.54 Å². The number of nitrogens with zero attached hydrogens (tertiary/aromatic N) is 1. The standard InChI is InChI=1S/C13H18ClN3O/c1-13(7-3-2-4-8-13)17-12(18)11-9(14)5-6-10(15)16-11/h5-6H,2-4,7-8H2,1H3,(H2,15,16)(H,17,18). The molecule has 0 unspecified atom stereocenters. The maximum atomic E-state index is 12.2. The maximum Gasteiger partial charge on any atom is 0.271 e. The normalized spacial score (nSPS) is 18.3. The monoisotopic (exact) mass is 267 g/mol. The third-order valence-electron chi connectivity index (χ3n) is 3.46. The van der Waals surface area contributed by atoms with Crippen molar-refractivity contribution in [1.29, 1.82) is 0 Å². The Morgan fingerprint density at radius 3 is 2.72 bits per heavy atom. The van der Waals surface area contributed by atoms with Gasteiger partial charge in [-0.3, -0.25) is 4.79 Å². The lowest BCUT2D eigenvalue weighted by molar-refractivity contribution is 0.0878. The van der Waals surface area contributed by atoms with Crippen molar-refractivity contribution in [3.8, 4) is 0 Å². The smallest absolute Gasteiger partial charge is 0.271 e.